The number of hydrogen-bond acceptors (Lipinski definition) is 5. The maximum atomic E-state index is 7.40. The Balaban J connectivity index is 2.30. The monoisotopic (exact) mass is 165 g/mol. The second kappa shape index (κ2) is 2.40. The molecule has 2 aliphatic rings. The molecule has 0 amide bonds. The Morgan fingerprint density at radius 3 is 3.17 bits per heavy atom. The third kappa shape index (κ3) is 0.884. The Kier molecular flexibility index (Phi) is 1.39. The third-order valence-electron chi connectivity index (χ3n) is 1.59. The van der Waals surface area contributed by atoms with Gasteiger partial charge in [0, 0.05) is 0 Å². The molecule has 2 heterocycles. The van der Waals surface area contributed by atoms with Crippen LogP contribution >= 0.6 is 0 Å². The molecule has 0 saturated carbocycles. The summed E-state index contributed by atoms with van der Waals surface area (Å²) in [6.45, 7) is 0. The maximum absolute atomic E-state index is 7.40. The minimum atomic E-state index is -0.398. The average molecular weight is 165 g/mol. The minimum absolute atomic E-state index is 0.180. The van der Waals surface area contributed by atoms with Crippen molar-refractivity contribution in [3.05, 3.63) is 0 Å². The van der Waals surface area contributed by atoms with Crippen LogP contribution in [0.5, 0.6) is 0 Å². The van der Waals surface area contributed by atoms with Crippen molar-refractivity contribution in [2.75, 3.05) is 7.11 Å². The molecule has 0 aliphatic carbocycles. The summed E-state index contributed by atoms with van der Waals surface area (Å²) in [5.41, 5.74) is 0. The summed E-state index contributed by atoms with van der Waals surface area (Å²) in [7, 11) is 1.51. The summed E-state index contributed by atoms with van der Waals surface area (Å²) in [6, 6.07) is -0.0149. The van der Waals surface area contributed by atoms with Crippen LogP contribution in [0.1, 0.15) is 0 Å². The zero-order valence-corrected chi connectivity index (χ0v) is 6.40. The van der Waals surface area contributed by atoms with E-state index in [1.165, 1.54) is 13.4 Å². The lowest BCUT2D eigenvalue weighted by atomic mass is 10.2. The fourth-order valence-electron chi connectivity index (χ4n) is 1.01. The first kappa shape index (κ1) is 6.96. The molecule has 0 bridgehead atoms. The van der Waals surface area contributed by atoms with Gasteiger partial charge in [-0.1, -0.05) is 0 Å². The molecule has 2 aliphatic heterocycles. The fourth-order valence-corrected chi connectivity index (χ4v) is 1.01. The molecule has 0 aromatic carbocycles. The molecule has 0 aromatic rings. The van der Waals surface area contributed by atoms with Crippen LogP contribution in [-0.4, -0.2) is 37.2 Å². The van der Waals surface area contributed by atoms with Gasteiger partial charge in [0.05, 0.1) is 7.11 Å². The van der Waals surface area contributed by atoms with E-state index in [1.54, 1.807) is 0 Å². The van der Waals surface area contributed by atoms with Crippen molar-refractivity contribution < 1.29 is 4.74 Å². The van der Waals surface area contributed by atoms with E-state index in [4.69, 9.17) is 10.1 Å². The lowest BCUT2D eigenvalue weighted by Crippen LogP contribution is -2.35. The molecule has 2 rings (SSSR count). The zero-order valence-electron chi connectivity index (χ0n) is 6.40. The van der Waals surface area contributed by atoms with Crippen molar-refractivity contribution in [1.82, 2.24) is 5.32 Å². The summed E-state index contributed by atoms with van der Waals surface area (Å²) in [6.07, 6.45) is 1.33. The molecule has 0 radical (unpaired) electrons. The summed E-state index contributed by atoms with van der Waals surface area (Å²) in [5.74, 6) is 0.784. The normalized spacial score (nSPS) is 25.8. The van der Waals surface area contributed by atoms with Crippen molar-refractivity contribution in [1.29, 1.82) is 5.41 Å². The number of rotatable bonds is 0. The smallest absolute Gasteiger partial charge is 0.291 e. The van der Waals surface area contributed by atoms with Crippen LogP contribution in [0.25, 0.3) is 0 Å². The SMILES string of the molecule is COC1=NC2C(=N)N=CN=C2N1. The molecule has 0 saturated heterocycles. The van der Waals surface area contributed by atoms with Gasteiger partial charge in [0.25, 0.3) is 6.02 Å². The van der Waals surface area contributed by atoms with Gasteiger partial charge in [0.2, 0.25) is 0 Å². The molecule has 2 N–H and O–H groups in total. The Bertz CT molecular complexity index is 316. The van der Waals surface area contributed by atoms with E-state index in [2.05, 4.69) is 20.3 Å². The van der Waals surface area contributed by atoms with E-state index in [1.807, 2.05) is 0 Å². The highest BCUT2D eigenvalue weighted by molar-refractivity contribution is 6.22. The van der Waals surface area contributed by atoms with Gasteiger partial charge in [0.1, 0.15) is 12.2 Å². The van der Waals surface area contributed by atoms with Crippen molar-refractivity contribution in [2.24, 2.45) is 15.0 Å². The van der Waals surface area contributed by atoms with Gasteiger partial charge < -0.3 is 4.74 Å². The number of nitrogens with zero attached hydrogens (tertiary/aromatic N) is 3. The van der Waals surface area contributed by atoms with Crippen molar-refractivity contribution in [3.63, 3.8) is 0 Å². The number of aliphatic imine (C=N–C) groups is 3. The maximum Gasteiger partial charge on any atom is 0.291 e. The molecule has 6 nitrogen and oxygen atoms in total. The van der Waals surface area contributed by atoms with Crippen LogP contribution < -0.4 is 5.32 Å². The fraction of sp³-hybridized carbons (Fsp3) is 0.333. The molecule has 1 atom stereocenters. The van der Waals surface area contributed by atoms with Crippen LogP contribution in [0.3, 0.4) is 0 Å². The molecular formula is C6H7N5O. The highest BCUT2D eigenvalue weighted by atomic mass is 16.5. The van der Waals surface area contributed by atoms with Gasteiger partial charge in [-0.15, -0.1) is 0 Å². The highest BCUT2D eigenvalue weighted by Crippen LogP contribution is 2.07. The summed E-state index contributed by atoms with van der Waals surface area (Å²) in [4.78, 5) is 11.7. The topological polar surface area (TPSA) is 82.2 Å². The third-order valence-corrected chi connectivity index (χ3v) is 1.59. The Hall–Kier alpha value is -1.72. The van der Waals surface area contributed by atoms with E-state index in [0.29, 0.717) is 11.9 Å². The molecular weight excluding hydrogens is 158 g/mol. The number of fused-ring (bicyclic) bond motifs is 1. The quantitative estimate of drug-likeness (QED) is 0.501. The molecule has 0 fully saturated rings. The molecule has 12 heavy (non-hydrogen) atoms. The van der Waals surface area contributed by atoms with Crippen LogP contribution in [-0.2, 0) is 4.74 Å². The van der Waals surface area contributed by atoms with Gasteiger partial charge in [-0.2, -0.15) is 0 Å². The molecule has 0 spiro atoms. The Morgan fingerprint density at radius 2 is 2.50 bits per heavy atom. The number of nitrogens with one attached hydrogen (secondary N) is 2. The van der Waals surface area contributed by atoms with E-state index in [-0.39, 0.29) is 5.84 Å². The Labute approximate surface area is 68.6 Å². The first-order chi connectivity index (χ1) is 5.81. The first-order valence-corrected chi connectivity index (χ1v) is 3.39. The van der Waals surface area contributed by atoms with Crippen LogP contribution in [0, 0.1) is 5.41 Å². The highest BCUT2D eigenvalue weighted by Gasteiger charge is 2.30. The second-order valence-corrected chi connectivity index (χ2v) is 2.31. The summed E-state index contributed by atoms with van der Waals surface area (Å²) in [5, 5.41) is 10.2. The second-order valence-electron chi connectivity index (χ2n) is 2.31. The predicted molar refractivity (Wildman–Crippen MR) is 45.0 cm³/mol. The van der Waals surface area contributed by atoms with Crippen molar-refractivity contribution >= 4 is 24.0 Å². The molecule has 62 valence electrons. The predicted octanol–water partition coefficient (Wildman–Crippen LogP) is -0.622. The molecule has 6 heteroatoms. The number of ether oxygens (including phenoxy) is 1. The van der Waals surface area contributed by atoms with Gasteiger partial charge in [-0.25, -0.2) is 15.0 Å². The van der Waals surface area contributed by atoms with Crippen LogP contribution in [0.15, 0.2) is 15.0 Å². The van der Waals surface area contributed by atoms with Crippen LogP contribution in [0.2, 0.25) is 0 Å². The van der Waals surface area contributed by atoms with Gasteiger partial charge >= 0.3 is 0 Å². The first-order valence-electron chi connectivity index (χ1n) is 3.39. The van der Waals surface area contributed by atoms with Crippen molar-refractivity contribution in [3.8, 4) is 0 Å². The Morgan fingerprint density at radius 1 is 1.67 bits per heavy atom. The molecule has 1 unspecified atom stereocenters. The van der Waals surface area contributed by atoms with Crippen LogP contribution in [0.4, 0.5) is 0 Å². The van der Waals surface area contributed by atoms with E-state index in [0.717, 1.165) is 0 Å². The minimum Gasteiger partial charge on any atom is -0.468 e. The summed E-state index contributed by atoms with van der Waals surface area (Å²) < 4.78 is 4.86. The van der Waals surface area contributed by atoms with Gasteiger partial charge in [0.15, 0.2) is 11.9 Å². The standard InChI is InChI=1S/C6H7N5O/c1-12-6-10-3-4(7)8-2-9-5(3)11-6/h2-3H,1H3,(H2,7,8,9,10,11). The number of methoxy groups -OCH3 is 1. The van der Waals surface area contributed by atoms with E-state index in [9.17, 15) is 0 Å². The zero-order chi connectivity index (χ0) is 8.55. The lowest BCUT2D eigenvalue weighted by molar-refractivity contribution is 0.391. The van der Waals surface area contributed by atoms with Gasteiger partial charge in [-0.3, -0.25) is 10.7 Å². The summed E-state index contributed by atoms with van der Waals surface area (Å²) >= 11 is 0. The number of hydrogen-bond donors (Lipinski definition) is 2. The van der Waals surface area contributed by atoms with Crippen molar-refractivity contribution in [2.45, 2.75) is 6.04 Å². The van der Waals surface area contributed by atoms with E-state index < -0.39 is 6.04 Å². The number of amidine groups is 3. The van der Waals surface area contributed by atoms with Gasteiger partial charge in [-0.05, 0) is 0 Å². The average Bonchev–Trinajstić information content (AvgIpc) is 2.49. The largest absolute Gasteiger partial charge is 0.468 e. The lowest BCUT2D eigenvalue weighted by Gasteiger charge is -2.07. The van der Waals surface area contributed by atoms with E-state index >= 15 is 0 Å². The molecule has 0 aromatic heterocycles.